The third-order valence-corrected chi connectivity index (χ3v) is 6.21. The quantitative estimate of drug-likeness (QED) is 0.295. The minimum atomic E-state index is -0.964. The summed E-state index contributed by atoms with van der Waals surface area (Å²) in [5.74, 6) is -1.93. The van der Waals surface area contributed by atoms with E-state index in [2.05, 4.69) is 4.98 Å². The van der Waals surface area contributed by atoms with Crippen LogP contribution in [-0.2, 0) is 9.59 Å². The van der Waals surface area contributed by atoms with E-state index in [4.69, 9.17) is 27.9 Å². The summed E-state index contributed by atoms with van der Waals surface area (Å²) < 4.78 is 5.35. The van der Waals surface area contributed by atoms with Gasteiger partial charge in [-0.2, -0.15) is 0 Å². The van der Waals surface area contributed by atoms with E-state index in [1.54, 1.807) is 30.5 Å². The Kier molecular flexibility index (Phi) is 6.15. The summed E-state index contributed by atoms with van der Waals surface area (Å²) in [5.41, 5.74) is 2.75. The molecule has 4 rings (SSSR count). The number of aliphatic hydroxyl groups excluding tert-OH is 1. The number of hydrogen-bond acceptors (Lipinski definition) is 5. The van der Waals surface area contributed by atoms with E-state index in [1.807, 2.05) is 26.0 Å². The summed E-state index contributed by atoms with van der Waals surface area (Å²) >= 11 is 12.4. The molecule has 33 heavy (non-hydrogen) atoms. The Morgan fingerprint density at radius 2 is 1.85 bits per heavy atom. The molecular formula is C25H20Cl2N2O4. The summed E-state index contributed by atoms with van der Waals surface area (Å²) in [6.07, 6.45) is 1.56. The number of nitrogens with zero attached hydrogens (tertiary/aromatic N) is 2. The van der Waals surface area contributed by atoms with Gasteiger partial charge in [0.25, 0.3) is 11.7 Å². The number of carbonyl (C=O) groups is 2. The monoisotopic (exact) mass is 482 g/mol. The second kappa shape index (κ2) is 8.89. The first kappa shape index (κ1) is 22.8. The third kappa shape index (κ3) is 3.86. The molecular weight excluding hydrogens is 463 g/mol. The fraction of sp³-hybridized carbons (Fsp3) is 0.160. The van der Waals surface area contributed by atoms with Crippen molar-refractivity contribution in [2.75, 3.05) is 12.0 Å². The molecule has 1 amide bonds. The maximum Gasteiger partial charge on any atom is 0.300 e. The zero-order valence-electron chi connectivity index (χ0n) is 18.1. The van der Waals surface area contributed by atoms with Crippen molar-refractivity contribution in [3.05, 3.63) is 92.7 Å². The van der Waals surface area contributed by atoms with Crippen LogP contribution in [0.4, 0.5) is 5.69 Å². The Morgan fingerprint density at radius 3 is 2.52 bits per heavy atom. The molecule has 0 bridgehead atoms. The molecule has 3 aromatic rings. The number of methoxy groups -OCH3 is 1. The van der Waals surface area contributed by atoms with Gasteiger partial charge in [-0.1, -0.05) is 41.4 Å². The number of aliphatic hydroxyl groups is 1. The van der Waals surface area contributed by atoms with Gasteiger partial charge in [-0.3, -0.25) is 19.5 Å². The number of halogens is 2. The Balaban J connectivity index is 2.03. The van der Waals surface area contributed by atoms with Gasteiger partial charge in [0.05, 0.1) is 29.0 Å². The highest BCUT2D eigenvalue weighted by atomic mass is 35.5. The SMILES string of the molecule is COc1c(Cl)cc(Cl)cc1/C(O)=C1\C(=O)C(=O)N(c2cccc(C)c2C)C1c1ccccn1. The summed E-state index contributed by atoms with van der Waals surface area (Å²) in [4.78, 5) is 32.4. The predicted molar refractivity (Wildman–Crippen MR) is 128 cm³/mol. The number of anilines is 1. The van der Waals surface area contributed by atoms with Crippen molar-refractivity contribution in [2.45, 2.75) is 19.9 Å². The smallest absolute Gasteiger partial charge is 0.300 e. The number of ketones is 1. The van der Waals surface area contributed by atoms with Crippen LogP contribution >= 0.6 is 23.2 Å². The number of carbonyl (C=O) groups excluding carboxylic acids is 2. The van der Waals surface area contributed by atoms with E-state index >= 15 is 0 Å². The van der Waals surface area contributed by atoms with Crippen LogP contribution in [0.5, 0.6) is 5.75 Å². The first-order valence-corrected chi connectivity index (χ1v) is 10.8. The maximum atomic E-state index is 13.3. The summed E-state index contributed by atoms with van der Waals surface area (Å²) in [5, 5.41) is 11.7. The number of aromatic nitrogens is 1. The highest BCUT2D eigenvalue weighted by Gasteiger charge is 2.48. The van der Waals surface area contributed by atoms with Crippen LogP contribution in [0.3, 0.4) is 0 Å². The van der Waals surface area contributed by atoms with Crippen molar-refractivity contribution in [3.63, 3.8) is 0 Å². The number of pyridine rings is 1. The van der Waals surface area contributed by atoms with Crippen molar-refractivity contribution in [1.29, 1.82) is 0 Å². The fourth-order valence-corrected chi connectivity index (χ4v) is 4.55. The lowest BCUT2D eigenvalue weighted by atomic mass is 9.97. The minimum absolute atomic E-state index is 0.106. The Morgan fingerprint density at radius 1 is 1.09 bits per heavy atom. The Labute approximate surface area is 201 Å². The molecule has 1 aliphatic heterocycles. The number of hydrogen-bond donors (Lipinski definition) is 1. The van der Waals surface area contributed by atoms with Gasteiger partial charge >= 0.3 is 0 Å². The van der Waals surface area contributed by atoms with Gasteiger partial charge in [-0.05, 0) is 55.3 Å². The van der Waals surface area contributed by atoms with Gasteiger partial charge < -0.3 is 9.84 Å². The number of rotatable bonds is 4. The van der Waals surface area contributed by atoms with E-state index in [9.17, 15) is 14.7 Å². The highest BCUT2D eigenvalue weighted by Crippen LogP contribution is 2.45. The number of aryl methyl sites for hydroxylation is 1. The average molecular weight is 483 g/mol. The van der Waals surface area contributed by atoms with E-state index in [1.165, 1.54) is 24.1 Å². The molecule has 1 atom stereocenters. The van der Waals surface area contributed by atoms with Crippen molar-refractivity contribution in [1.82, 2.24) is 4.98 Å². The first-order chi connectivity index (χ1) is 15.8. The molecule has 1 fully saturated rings. The van der Waals surface area contributed by atoms with Crippen LogP contribution in [0.2, 0.25) is 10.0 Å². The molecule has 0 spiro atoms. The van der Waals surface area contributed by atoms with Crippen molar-refractivity contribution in [2.24, 2.45) is 0 Å². The Bertz CT molecular complexity index is 1310. The second-order valence-corrected chi connectivity index (χ2v) is 8.45. The van der Waals surface area contributed by atoms with Crippen molar-refractivity contribution in [3.8, 4) is 5.75 Å². The Hall–Kier alpha value is -3.35. The third-order valence-electron chi connectivity index (χ3n) is 5.72. The standard InChI is InChI=1S/C25H20Cl2N2O4/c1-13-7-6-9-19(14(13)2)29-21(18-8-4-5-10-28-18)20(23(31)25(29)32)22(30)16-11-15(26)12-17(27)24(16)33-3/h4-12,21,30H,1-3H3/b22-20+. The van der Waals surface area contributed by atoms with E-state index in [0.717, 1.165) is 11.1 Å². The number of ether oxygens (including phenoxy) is 1. The number of benzene rings is 2. The summed E-state index contributed by atoms with van der Waals surface area (Å²) in [7, 11) is 1.39. The minimum Gasteiger partial charge on any atom is -0.507 e. The number of Topliss-reactive ketones (excluding diaryl/α,β-unsaturated/α-hetero) is 1. The predicted octanol–water partition coefficient (Wildman–Crippen LogP) is 5.64. The summed E-state index contributed by atoms with van der Waals surface area (Å²) in [6, 6.07) is 12.6. The second-order valence-electron chi connectivity index (χ2n) is 7.61. The molecule has 2 aromatic carbocycles. The zero-order chi connectivity index (χ0) is 23.9. The van der Waals surface area contributed by atoms with Gasteiger partial charge in [0.1, 0.15) is 17.6 Å². The molecule has 1 aromatic heterocycles. The van der Waals surface area contributed by atoms with Crippen LogP contribution in [0.15, 0.2) is 60.3 Å². The lowest BCUT2D eigenvalue weighted by Gasteiger charge is -2.26. The van der Waals surface area contributed by atoms with Gasteiger partial charge in [-0.25, -0.2) is 0 Å². The van der Waals surface area contributed by atoms with E-state index < -0.39 is 23.5 Å². The average Bonchev–Trinajstić information content (AvgIpc) is 3.06. The van der Waals surface area contributed by atoms with Crippen molar-refractivity contribution < 1.29 is 19.4 Å². The van der Waals surface area contributed by atoms with Crippen LogP contribution < -0.4 is 9.64 Å². The molecule has 6 nitrogen and oxygen atoms in total. The normalized spacial score (nSPS) is 17.5. The zero-order valence-corrected chi connectivity index (χ0v) is 19.6. The highest BCUT2D eigenvalue weighted by molar-refractivity contribution is 6.52. The molecule has 2 heterocycles. The van der Waals surface area contributed by atoms with Gasteiger partial charge in [0.15, 0.2) is 0 Å². The lowest BCUT2D eigenvalue weighted by Crippen LogP contribution is -2.30. The van der Waals surface area contributed by atoms with Crippen LogP contribution in [0.25, 0.3) is 5.76 Å². The fourth-order valence-electron chi connectivity index (χ4n) is 3.98. The molecule has 0 saturated carbocycles. The van der Waals surface area contributed by atoms with Gasteiger partial charge in [-0.15, -0.1) is 0 Å². The molecule has 1 N–H and O–H groups in total. The lowest BCUT2D eigenvalue weighted by molar-refractivity contribution is -0.132. The van der Waals surface area contributed by atoms with Crippen LogP contribution in [0, 0.1) is 13.8 Å². The molecule has 0 aliphatic carbocycles. The van der Waals surface area contributed by atoms with Gasteiger partial charge in [0.2, 0.25) is 0 Å². The number of amides is 1. The molecule has 168 valence electrons. The molecule has 1 unspecified atom stereocenters. The molecule has 8 heteroatoms. The van der Waals surface area contributed by atoms with Crippen molar-refractivity contribution >= 4 is 46.3 Å². The van der Waals surface area contributed by atoms with Crippen LogP contribution in [0.1, 0.15) is 28.4 Å². The van der Waals surface area contributed by atoms with Gasteiger partial charge in [0, 0.05) is 16.9 Å². The van der Waals surface area contributed by atoms with E-state index in [-0.39, 0.29) is 26.9 Å². The first-order valence-electron chi connectivity index (χ1n) is 10.1. The topological polar surface area (TPSA) is 79.7 Å². The molecule has 1 saturated heterocycles. The largest absolute Gasteiger partial charge is 0.507 e. The van der Waals surface area contributed by atoms with E-state index in [0.29, 0.717) is 11.4 Å². The molecule has 1 aliphatic rings. The maximum absolute atomic E-state index is 13.3. The van der Waals surface area contributed by atoms with Crippen LogP contribution in [-0.4, -0.2) is 28.9 Å². The molecule has 0 radical (unpaired) electrons. The summed E-state index contributed by atoms with van der Waals surface area (Å²) in [6.45, 7) is 3.79.